The predicted molar refractivity (Wildman–Crippen MR) is 85.3 cm³/mol. The number of ether oxygens (including phenoxy) is 1. The van der Waals surface area contributed by atoms with Crippen molar-refractivity contribution in [3.8, 4) is 0 Å². The van der Waals surface area contributed by atoms with Gasteiger partial charge in [0.1, 0.15) is 0 Å². The molecule has 118 valence electrons. The molecule has 0 aliphatic heterocycles. The van der Waals surface area contributed by atoms with Crippen LogP contribution >= 0.6 is 26.6 Å². The van der Waals surface area contributed by atoms with Crippen molar-refractivity contribution in [3.05, 3.63) is 28.2 Å². The molecule has 0 atom stereocenters. The molecule has 1 aromatic rings. The van der Waals surface area contributed by atoms with Crippen molar-refractivity contribution >= 4 is 41.6 Å². The van der Waals surface area contributed by atoms with Crippen LogP contribution < -0.4 is 0 Å². The van der Waals surface area contributed by atoms with Gasteiger partial charge >= 0.3 is 0 Å². The second kappa shape index (κ2) is 8.12. The second-order valence-corrected chi connectivity index (χ2v) is 7.68. The van der Waals surface area contributed by atoms with Crippen molar-refractivity contribution in [2.45, 2.75) is 18.7 Å². The first kappa shape index (κ1) is 18.4. The number of likely N-dealkylation sites (N-methyl/N-ethyl adjacent to an activating group) is 1. The Bertz CT molecular complexity index is 606. The smallest absolute Gasteiger partial charge is 0.261 e. The third-order valence-electron chi connectivity index (χ3n) is 2.78. The molecule has 0 heterocycles. The monoisotopic (exact) mass is 397 g/mol. The largest absolute Gasteiger partial charge is 0.380 e. The molecule has 21 heavy (non-hydrogen) atoms. The summed E-state index contributed by atoms with van der Waals surface area (Å²) in [4.78, 5) is 13.9. The van der Waals surface area contributed by atoms with Crippen molar-refractivity contribution < 1.29 is 17.9 Å². The molecule has 0 N–H and O–H groups in total. The highest BCUT2D eigenvalue weighted by molar-refractivity contribution is 9.10. The third-order valence-corrected chi connectivity index (χ3v) is 4.57. The standard InChI is InChI=1S/C13H17BrClNO4S/c1-3-16(5-6-20-4-2)13(17)10-7-11(14)9-12(8-10)21(15,18)19/h7-9H,3-6H2,1-2H3. The van der Waals surface area contributed by atoms with Crippen LogP contribution in [0.15, 0.2) is 27.6 Å². The van der Waals surface area contributed by atoms with Gasteiger partial charge in [0.25, 0.3) is 15.0 Å². The lowest BCUT2D eigenvalue weighted by Crippen LogP contribution is -2.34. The van der Waals surface area contributed by atoms with E-state index in [2.05, 4.69) is 15.9 Å². The van der Waals surface area contributed by atoms with Gasteiger partial charge in [-0.15, -0.1) is 0 Å². The van der Waals surface area contributed by atoms with E-state index in [1.54, 1.807) is 11.0 Å². The number of amides is 1. The highest BCUT2D eigenvalue weighted by Gasteiger charge is 2.18. The van der Waals surface area contributed by atoms with Gasteiger partial charge in [-0.05, 0) is 32.0 Å². The summed E-state index contributed by atoms with van der Waals surface area (Å²) in [5.74, 6) is -0.264. The van der Waals surface area contributed by atoms with Crippen LogP contribution in [0.5, 0.6) is 0 Å². The minimum absolute atomic E-state index is 0.109. The van der Waals surface area contributed by atoms with Gasteiger partial charge in [-0.1, -0.05) is 15.9 Å². The Labute approximate surface area is 137 Å². The molecule has 1 amide bonds. The number of hydrogen-bond donors (Lipinski definition) is 0. The molecule has 8 heteroatoms. The van der Waals surface area contributed by atoms with Gasteiger partial charge in [0.05, 0.1) is 11.5 Å². The number of nitrogens with zero attached hydrogens (tertiary/aromatic N) is 1. The van der Waals surface area contributed by atoms with Gasteiger partial charge in [-0.25, -0.2) is 8.42 Å². The Morgan fingerprint density at radius 1 is 1.33 bits per heavy atom. The fourth-order valence-corrected chi connectivity index (χ4v) is 3.18. The minimum atomic E-state index is -3.89. The molecule has 5 nitrogen and oxygen atoms in total. The first-order valence-electron chi connectivity index (χ1n) is 6.41. The zero-order chi connectivity index (χ0) is 16.0. The highest BCUT2D eigenvalue weighted by atomic mass is 79.9. The molecular weight excluding hydrogens is 382 g/mol. The van der Waals surface area contributed by atoms with Crippen LogP contribution in [-0.2, 0) is 13.8 Å². The fourth-order valence-electron chi connectivity index (χ4n) is 1.73. The van der Waals surface area contributed by atoms with Crippen LogP contribution in [0.4, 0.5) is 0 Å². The molecule has 0 aliphatic carbocycles. The van der Waals surface area contributed by atoms with E-state index in [0.717, 1.165) is 0 Å². The summed E-state index contributed by atoms with van der Waals surface area (Å²) in [5.41, 5.74) is 0.266. The van der Waals surface area contributed by atoms with Gasteiger partial charge in [0, 0.05) is 40.4 Å². The number of carbonyl (C=O) groups excluding carboxylic acids is 1. The quantitative estimate of drug-likeness (QED) is 0.523. The third kappa shape index (κ3) is 5.58. The minimum Gasteiger partial charge on any atom is -0.380 e. The van der Waals surface area contributed by atoms with Gasteiger partial charge in [-0.3, -0.25) is 4.79 Å². The van der Waals surface area contributed by atoms with E-state index in [0.29, 0.717) is 30.8 Å². The van der Waals surface area contributed by atoms with Crippen LogP contribution in [0.2, 0.25) is 0 Å². The summed E-state index contributed by atoms with van der Waals surface area (Å²) < 4.78 is 28.5. The lowest BCUT2D eigenvalue weighted by molar-refractivity contribution is 0.0669. The number of halogens is 2. The number of carbonyl (C=O) groups is 1. The Morgan fingerprint density at radius 2 is 2.00 bits per heavy atom. The summed E-state index contributed by atoms with van der Waals surface area (Å²) in [6.07, 6.45) is 0. The number of hydrogen-bond acceptors (Lipinski definition) is 4. The normalized spacial score (nSPS) is 11.4. The summed E-state index contributed by atoms with van der Waals surface area (Å²) in [6.45, 7) is 5.69. The maximum absolute atomic E-state index is 12.4. The molecule has 0 unspecified atom stereocenters. The first-order chi connectivity index (χ1) is 9.79. The molecule has 0 saturated carbocycles. The van der Waals surface area contributed by atoms with Gasteiger partial charge in [0.15, 0.2) is 0 Å². The van der Waals surface area contributed by atoms with E-state index in [9.17, 15) is 13.2 Å². The molecule has 0 aliphatic rings. The molecule has 1 rings (SSSR count). The van der Waals surface area contributed by atoms with Crippen LogP contribution in [0.3, 0.4) is 0 Å². The molecule has 1 aromatic carbocycles. The topological polar surface area (TPSA) is 63.7 Å². The van der Waals surface area contributed by atoms with E-state index in [4.69, 9.17) is 15.4 Å². The second-order valence-electron chi connectivity index (χ2n) is 4.20. The molecule has 0 radical (unpaired) electrons. The van der Waals surface area contributed by atoms with Gasteiger partial charge < -0.3 is 9.64 Å². The first-order valence-corrected chi connectivity index (χ1v) is 9.52. The lowest BCUT2D eigenvalue weighted by atomic mass is 10.2. The zero-order valence-electron chi connectivity index (χ0n) is 11.8. The van der Waals surface area contributed by atoms with Crippen LogP contribution in [0, 0.1) is 0 Å². The van der Waals surface area contributed by atoms with Gasteiger partial charge in [0.2, 0.25) is 0 Å². The summed E-state index contributed by atoms with van der Waals surface area (Å²) in [5, 5.41) is 0. The van der Waals surface area contributed by atoms with Crippen molar-refractivity contribution in [1.29, 1.82) is 0 Å². The van der Waals surface area contributed by atoms with Crippen molar-refractivity contribution in [3.63, 3.8) is 0 Å². The van der Waals surface area contributed by atoms with Crippen LogP contribution in [0.25, 0.3) is 0 Å². The maximum Gasteiger partial charge on any atom is 0.261 e. The molecular formula is C13H17BrClNO4S. The maximum atomic E-state index is 12.4. The number of rotatable bonds is 7. The van der Waals surface area contributed by atoms with E-state index < -0.39 is 9.05 Å². The molecule has 0 bridgehead atoms. The number of benzene rings is 1. The van der Waals surface area contributed by atoms with E-state index >= 15 is 0 Å². The van der Waals surface area contributed by atoms with Crippen LogP contribution in [0.1, 0.15) is 24.2 Å². The molecule has 0 fully saturated rings. The summed E-state index contributed by atoms with van der Waals surface area (Å²) in [7, 11) is 1.44. The van der Waals surface area contributed by atoms with Gasteiger partial charge in [-0.2, -0.15) is 0 Å². The Morgan fingerprint density at radius 3 is 2.52 bits per heavy atom. The highest BCUT2D eigenvalue weighted by Crippen LogP contribution is 2.23. The van der Waals surface area contributed by atoms with Crippen molar-refractivity contribution in [2.75, 3.05) is 26.3 Å². The van der Waals surface area contributed by atoms with Crippen LogP contribution in [-0.4, -0.2) is 45.5 Å². The van der Waals surface area contributed by atoms with E-state index in [1.165, 1.54) is 12.1 Å². The average molecular weight is 399 g/mol. The molecule has 0 spiro atoms. The SMILES string of the molecule is CCOCCN(CC)C(=O)c1cc(Br)cc(S(=O)(=O)Cl)c1. The Balaban J connectivity index is 3.03. The Kier molecular flexibility index (Phi) is 7.12. The summed E-state index contributed by atoms with van der Waals surface area (Å²) >= 11 is 3.19. The zero-order valence-corrected chi connectivity index (χ0v) is 15.0. The summed E-state index contributed by atoms with van der Waals surface area (Å²) in [6, 6.07) is 4.20. The molecule has 0 saturated heterocycles. The predicted octanol–water partition coefficient (Wildman–Crippen LogP) is 2.88. The van der Waals surface area contributed by atoms with E-state index in [-0.39, 0.29) is 16.4 Å². The Hall–Kier alpha value is -0.630. The van der Waals surface area contributed by atoms with E-state index in [1.807, 2.05) is 13.8 Å². The lowest BCUT2D eigenvalue weighted by Gasteiger charge is -2.21. The van der Waals surface area contributed by atoms with Crippen molar-refractivity contribution in [1.82, 2.24) is 4.90 Å². The average Bonchev–Trinajstić information content (AvgIpc) is 2.41. The fraction of sp³-hybridized carbons (Fsp3) is 0.462. The molecule has 0 aromatic heterocycles. The van der Waals surface area contributed by atoms with Crippen molar-refractivity contribution in [2.24, 2.45) is 0 Å².